The van der Waals surface area contributed by atoms with E-state index in [2.05, 4.69) is 10.3 Å². The van der Waals surface area contributed by atoms with Crippen LogP contribution in [0, 0.1) is 0 Å². The molecule has 0 saturated carbocycles. The predicted octanol–water partition coefficient (Wildman–Crippen LogP) is 2.80. The molecule has 0 amide bonds. The summed E-state index contributed by atoms with van der Waals surface area (Å²) in [6.45, 7) is 2.15. The third-order valence-electron chi connectivity index (χ3n) is 2.62. The van der Waals surface area contributed by atoms with E-state index in [1.165, 1.54) is 0 Å². The molecule has 1 atom stereocenters. The number of aromatic nitrogens is 1. The number of hydrogen-bond acceptors (Lipinski definition) is 4. The van der Waals surface area contributed by atoms with E-state index in [1.54, 1.807) is 25.4 Å². The Morgan fingerprint density at radius 3 is 2.68 bits per heavy atom. The standard InChI is InChI=1S/C15H16N2O2/c1-2-19-15(18)14(12-7-6-10-16-11-12)17-13-8-4-3-5-9-13/h3-11,14,17H,2H2,1H3. The van der Waals surface area contributed by atoms with Gasteiger partial charge in [0.1, 0.15) is 0 Å². The van der Waals surface area contributed by atoms with Gasteiger partial charge in [-0.05, 0) is 25.1 Å². The van der Waals surface area contributed by atoms with Gasteiger partial charge in [0.15, 0.2) is 6.04 Å². The molecule has 1 heterocycles. The Morgan fingerprint density at radius 1 is 1.26 bits per heavy atom. The zero-order valence-electron chi connectivity index (χ0n) is 10.7. The molecular weight excluding hydrogens is 240 g/mol. The van der Waals surface area contributed by atoms with Crippen LogP contribution in [0.3, 0.4) is 0 Å². The molecule has 0 aliphatic carbocycles. The van der Waals surface area contributed by atoms with Crippen LogP contribution >= 0.6 is 0 Å². The largest absolute Gasteiger partial charge is 0.464 e. The molecule has 1 unspecified atom stereocenters. The molecule has 0 radical (unpaired) electrons. The minimum absolute atomic E-state index is 0.306. The van der Waals surface area contributed by atoms with Gasteiger partial charge in [0, 0.05) is 23.6 Å². The SMILES string of the molecule is CCOC(=O)C(Nc1ccccc1)c1cccnc1. The second-order valence-corrected chi connectivity index (χ2v) is 3.98. The number of anilines is 1. The lowest BCUT2D eigenvalue weighted by Crippen LogP contribution is -2.23. The van der Waals surface area contributed by atoms with Crippen LogP contribution < -0.4 is 5.32 Å². The summed E-state index contributed by atoms with van der Waals surface area (Å²) < 4.78 is 5.10. The number of nitrogens with zero attached hydrogens (tertiary/aromatic N) is 1. The average Bonchev–Trinajstić information content (AvgIpc) is 2.47. The molecule has 1 N–H and O–H groups in total. The van der Waals surface area contributed by atoms with Crippen molar-refractivity contribution < 1.29 is 9.53 Å². The second-order valence-electron chi connectivity index (χ2n) is 3.98. The van der Waals surface area contributed by atoms with Gasteiger partial charge in [-0.3, -0.25) is 4.98 Å². The van der Waals surface area contributed by atoms with Crippen LogP contribution in [0.5, 0.6) is 0 Å². The van der Waals surface area contributed by atoms with Crippen LogP contribution in [0.2, 0.25) is 0 Å². The molecule has 2 aromatic rings. The number of pyridine rings is 1. The molecule has 1 aromatic heterocycles. The summed E-state index contributed by atoms with van der Waals surface area (Å²) >= 11 is 0. The topological polar surface area (TPSA) is 51.2 Å². The Kier molecular flexibility index (Phi) is 4.50. The van der Waals surface area contributed by atoms with Crippen LogP contribution in [0.4, 0.5) is 5.69 Å². The highest BCUT2D eigenvalue weighted by Crippen LogP contribution is 2.20. The number of nitrogens with one attached hydrogen (secondary N) is 1. The van der Waals surface area contributed by atoms with Crippen molar-refractivity contribution >= 4 is 11.7 Å². The third kappa shape index (κ3) is 3.55. The maximum Gasteiger partial charge on any atom is 0.333 e. The van der Waals surface area contributed by atoms with E-state index in [-0.39, 0.29) is 5.97 Å². The molecule has 1 aromatic carbocycles. The Hall–Kier alpha value is -2.36. The normalized spacial score (nSPS) is 11.6. The molecule has 19 heavy (non-hydrogen) atoms. The number of ether oxygens (including phenoxy) is 1. The monoisotopic (exact) mass is 256 g/mol. The first-order chi connectivity index (χ1) is 9.31. The van der Waals surface area contributed by atoms with E-state index in [0.717, 1.165) is 11.3 Å². The van der Waals surface area contributed by atoms with Gasteiger partial charge in [0.2, 0.25) is 0 Å². The number of rotatable bonds is 5. The Balaban J connectivity index is 2.22. The van der Waals surface area contributed by atoms with Gasteiger partial charge in [-0.25, -0.2) is 4.79 Å². The van der Waals surface area contributed by atoms with Crippen LogP contribution in [0.15, 0.2) is 54.9 Å². The van der Waals surface area contributed by atoms with Crippen molar-refractivity contribution in [3.8, 4) is 0 Å². The van der Waals surface area contributed by atoms with Crippen molar-refractivity contribution in [1.82, 2.24) is 4.98 Å². The molecule has 4 heteroatoms. The van der Waals surface area contributed by atoms with Crippen molar-refractivity contribution in [3.05, 3.63) is 60.4 Å². The molecule has 0 aliphatic rings. The molecule has 0 aliphatic heterocycles. The lowest BCUT2D eigenvalue weighted by atomic mass is 10.1. The summed E-state index contributed by atoms with van der Waals surface area (Å²) in [7, 11) is 0. The van der Waals surface area contributed by atoms with E-state index in [4.69, 9.17) is 4.74 Å². The minimum Gasteiger partial charge on any atom is -0.464 e. The maximum absolute atomic E-state index is 12.0. The minimum atomic E-state index is -0.545. The number of benzene rings is 1. The fraction of sp³-hybridized carbons (Fsp3) is 0.200. The average molecular weight is 256 g/mol. The fourth-order valence-corrected chi connectivity index (χ4v) is 1.75. The number of carbonyl (C=O) groups is 1. The third-order valence-corrected chi connectivity index (χ3v) is 2.62. The summed E-state index contributed by atoms with van der Waals surface area (Å²) in [4.78, 5) is 16.1. The second kappa shape index (κ2) is 6.54. The fourth-order valence-electron chi connectivity index (χ4n) is 1.75. The quantitative estimate of drug-likeness (QED) is 0.836. The predicted molar refractivity (Wildman–Crippen MR) is 73.7 cm³/mol. The molecule has 98 valence electrons. The number of para-hydroxylation sites is 1. The highest BCUT2D eigenvalue weighted by Gasteiger charge is 2.21. The number of esters is 1. The Morgan fingerprint density at radius 2 is 2.05 bits per heavy atom. The Bertz CT molecular complexity index is 514. The molecule has 2 rings (SSSR count). The highest BCUT2D eigenvalue weighted by molar-refractivity contribution is 5.81. The van der Waals surface area contributed by atoms with E-state index < -0.39 is 6.04 Å². The van der Waals surface area contributed by atoms with Crippen LogP contribution in [-0.4, -0.2) is 17.6 Å². The van der Waals surface area contributed by atoms with E-state index in [1.807, 2.05) is 36.4 Å². The van der Waals surface area contributed by atoms with Crippen molar-refractivity contribution in [2.75, 3.05) is 11.9 Å². The van der Waals surface area contributed by atoms with Gasteiger partial charge in [-0.2, -0.15) is 0 Å². The van der Waals surface area contributed by atoms with Crippen molar-refractivity contribution in [2.45, 2.75) is 13.0 Å². The Labute approximate surface area is 112 Å². The van der Waals surface area contributed by atoms with Gasteiger partial charge in [-0.1, -0.05) is 24.3 Å². The molecular formula is C15H16N2O2. The lowest BCUT2D eigenvalue weighted by Gasteiger charge is -2.18. The van der Waals surface area contributed by atoms with Gasteiger partial charge < -0.3 is 10.1 Å². The van der Waals surface area contributed by atoms with Crippen LogP contribution in [-0.2, 0) is 9.53 Å². The maximum atomic E-state index is 12.0. The first-order valence-corrected chi connectivity index (χ1v) is 6.19. The highest BCUT2D eigenvalue weighted by atomic mass is 16.5. The zero-order chi connectivity index (χ0) is 13.5. The molecule has 0 spiro atoms. The lowest BCUT2D eigenvalue weighted by molar-refractivity contribution is -0.144. The van der Waals surface area contributed by atoms with Crippen LogP contribution in [0.1, 0.15) is 18.5 Å². The number of carbonyl (C=O) groups excluding carboxylic acids is 1. The zero-order valence-corrected chi connectivity index (χ0v) is 10.7. The van der Waals surface area contributed by atoms with Gasteiger partial charge in [-0.15, -0.1) is 0 Å². The van der Waals surface area contributed by atoms with E-state index in [0.29, 0.717) is 6.61 Å². The molecule has 0 fully saturated rings. The van der Waals surface area contributed by atoms with E-state index in [9.17, 15) is 4.79 Å². The van der Waals surface area contributed by atoms with Crippen molar-refractivity contribution in [2.24, 2.45) is 0 Å². The summed E-state index contributed by atoms with van der Waals surface area (Å²) in [5.74, 6) is -0.306. The summed E-state index contributed by atoms with van der Waals surface area (Å²) in [6, 6.07) is 12.7. The van der Waals surface area contributed by atoms with Crippen LogP contribution in [0.25, 0.3) is 0 Å². The van der Waals surface area contributed by atoms with Gasteiger partial charge in [0.05, 0.1) is 6.61 Å². The summed E-state index contributed by atoms with van der Waals surface area (Å²) in [6.07, 6.45) is 3.34. The molecule has 4 nitrogen and oxygen atoms in total. The van der Waals surface area contributed by atoms with E-state index >= 15 is 0 Å². The van der Waals surface area contributed by atoms with Gasteiger partial charge >= 0.3 is 5.97 Å². The summed E-state index contributed by atoms with van der Waals surface area (Å²) in [5.41, 5.74) is 1.65. The first-order valence-electron chi connectivity index (χ1n) is 6.19. The van der Waals surface area contributed by atoms with Gasteiger partial charge in [0.25, 0.3) is 0 Å². The molecule has 0 saturated heterocycles. The summed E-state index contributed by atoms with van der Waals surface area (Å²) in [5, 5.41) is 3.17. The molecule has 0 bridgehead atoms. The smallest absolute Gasteiger partial charge is 0.333 e. The van der Waals surface area contributed by atoms with Crippen molar-refractivity contribution in [3.63, 3.8) is 0 Å². The van der Waals surface area contributed by atoms with Crippen molar-refractivity contribution in [1.29, 1.82) is 0 Å². The first kappa shape index (κ1) is 13.1. The number of hydrogen-bond donors (Lipinski definition) is 1.